The van der Waals surface area contributed by atoms with E-state index in [4.69, 9.17) is 5.73 Å². The third-order valence-corrected chi connectivity index (χ3v) is 7.19. The van der Waals surface area contributed by atoms with Crippen molar-refractivity contribution in [2.45, 2.75) is 13.3 Å². The number of thiophene rings is 2. The van der Waals surface area contributed by atoms with E-state index in [1.165, 1.54) is 42.9 Å². The van der Waals surface area contributed by atoms with E-state index >= 15 is 0 Å². The molecule has 0 amide bonds. The summed E-state index contributed by atoms with van der Waals surface area (Å²) in [4.78, 5) is 3.92. The average molecular weight is 401 g/mol. The fraction of sp³-hybridized carbons (Fsp3) is 0.136. The van der Waals surface area contributed by atoms with Gasteiger partial charge in [-0.25, -0.2) is 0 Å². The molecule has 0 fully saturated rings. The first-order valence-corrected chi connectivity index (χ1v) is 11.1. The molecule has 137 valence electrons. The number of allylic oxidation sites excluding steroid dienone is 2. The summed E-state index contributed by atoms with van der Waals surface area (Å²) in [6.07, 6.45) is 11.7. The number of hydrogen-bond acceptors (Lipinski definition) is 3. The lowest BCUT2D eigenvalue weighted by Gasteiger charge is -2.18. The monoisotopic (exact) mass is 401 g/mol. The van der Waals surface area contributed by atoms with Gasteiger partial charge in [0.15, 0.2) is 5.70 Å². The zero-order valence-electron chi connectivity index (χ0n) is 15.6. The Morgan fingerprint density at radius 1 is 1.21 bits per heavy atom. The first-order chi connectivity index (χ1) is 13.7. The van der Waals surface area contributed by atoms with Crippen LogP contribution in [0, 0.1) is 6.92 Å². The molecule has 0 unspecified atom stereocenters. The van der Waals surface area contributed by atoms with Crippen molar-refractivity contribution in [3.63, 3.8) is 0 Å². The predicted molar refractivity (Wildman–Crippen MR) is 123 cm³/mol. The van der Waals surface area contributed by atoms with Gasteiger partial charge in [-0.3, -0.25) is 4.49 Å². The van der Waals surface area contributed by atoms with Crippen molar-refractivity contribution in [1.29, 1.82) is 0 Å². The van der Waals surface area contributed by atoms with Crippen LogP contribution in [0.25, 0.3) is 27.5 Å². The van der Waals surface area contributed by atoms with Gasteiger partial charge in [-0.1, -0.05) is 6.07 Å². The molecule has 0 spiro atoms. The molecule has 0 saturated carbocycles. The third-order valence-electron chi connectivity index (χ3n) is 5.07. The van der Waals surface area contributed by atoms with Crippen LogP contribution in [0.1, 0.15) is 28.2 Å². The Morgan fingerprint density at radius 2 is 2.14 bits per heavy atom. The van der Waals surface area contributed by atoms with Gasteiger partial charge in [-0.2, -0.15) is 0 Å². The topological polar surface area (TPSA) is 34.0 Å². The second kappa shape index (κ2) is 7.20. The predicted octanol–water partition coefficient (Wildman–Crippen LogP) is 4.87. The van der Waals surface area contributed by atoms with Crippen LogP contribution in [0.5, 0.6) is 0 Å². The molecule has 3 nitrogen and oxygen atoms in total. The lowest BCUT2D eigenvalue weighted by Crippen LogP contribution is -2.30. The van der Waals surface area contributed by atoms with Gasteiger partial charge in [0.2, 0.25) is 0 Å². The molecular formula is C22H20BN3S2+. The summed E-state index contributed by atoms with van der Waals surface area (Å²) >= 11 is 3.62. The highest BCUT2D eigenvalue weighted by Crippen LogP contribution is 2.35. The molecule has 0 aliphatic carbocycles. The quantitative estimate of drug-likeness (QED) is 0.609. The highest BCUT2D eigenvalue weighted by Gasteiger charge is 2.34. The molecule has 3 aromatic heterocycles. The number of rotatable bonds is 5. The van der Waals surface area contributed by atoms with E-state index in [0.717, 1.165) is 6.42 Å². The van der Waals surface area contributed by atoms with E-state index in [1.54, 1.807) is 11.3 Å². The van der Waals surface area contributed by atoms with Crippen molar-refractivity contribution in [3.8, 4) is 9.75 Å². The normalized spacial score (nSPS) is 15.1. The van der Waals surface area contributed by atoms with E-state index in [2.05, 4.69) is 89.7 Å². The summed E-state index contributed by atoms with van der Waals surface area (Å²) in [5, 5.41) is 2.13. The highest BCUT2D eigenvalue weighted by molar-refractivity contribution is 7.21. The molecule has 28 heavy (non-hydrogen) atoms. The highest BCUT2D eigenvalue weighted by atomic mass is 32.1. The summed E-state index contributed by atoms with van der Waals surface area (Å²) in [6, 6.07) is 10.9. The van der Waals surface area contributed by atoms with Gasteiger partial charge in [0, 0.05) is 43.7 Å². The Labute approximate surface area is 173 Å². The Bertz CT molecular complexity index is 1160. The number of hydrogen-bond donors (Lipinski definition) is 1. The van der Waals surface area contributed by atoms with Crippen molar-refractivity contribution in [2.75, 3.05) is 6.54 Å². The van der Waals surface area contributed by atoms with Crippen molar-refractivity contribution < 1.29 is 4.49 Å². The zero-order chi connectivity index (χ0) is 19.1. The van der Waals surface area contributed by atoms with Crippen molar-refractivity contribution in [3.05, 3.63) is 75.4 Å². The molecule has 0 atom stereocenters. The SMILES string of the molecule is Cc1cc(/C=C/c2ccc(-c3cccs3)s2)n2c1C(CCN)=C1C=CC=[N+]1[B]2. The minimum absolute atomic E-state index is 0.650. The van der Waals surface area contributed by atoms with Crippen LogP contribution in [-0.4, -0.2) is 29.3 Å². The van der Waals surface area contributed by atoms with Crippen LogP contribution in [0.15, 0.2) is 53.6 Å². The van der Waals surface area contributed by atoms with Gasteiger partial charge in [-0.05, 0) is 67.3 Å². The largest absolute Gasteiger partial charge is 0.699 e. The lowest BCUT2D eigenvalue weighted by atomic mass is 9.94. The summed E-state index contributed by atoms with van der Waals surface area (Å²) in [7, 11) is 2.17. The van der Waals surface area contributed by atoms with Crippen molar-refractivity contribution >= 4 is 54.2 Å². The average Bonchev–Trinajstić information content (AvgIpc) is 3.47. The first-order valence-electron chi connectivity index (χ1n) is 9.36. The number of nitrogens with two attached hydrogens (primary N) is 1. The Kier molecular flexibility index (Phi) is 4.55. The standard InChI is InChI=1S/C22H20BN3S2/c1-15-14-16(6-7-17-8-9-21(28-17)20-5-3-13-27-20)26-22(15)18(10-11-24)19-4-2-12-25(19)23-26/h2-9,12-14H,10-11,24H2,1H3/q+1/b7-6+. The maximum Gasteiger partial charge on any atom is 0.699 e. The summed E-state index contributed by atoms with van der Waals surface area (Å²) in [6.45, 7) is 2.84. The minimum atomic E-state index is 0.650. The van der Waals surface area contributed by atoms with Gasteiger partial charge >= 0.3 is 7.55 Å². The molecule has 0 bridgehead atoms. The van der Waals surface area contributed by atoms with E-state index in [-0.39, 0.29) is 0 Å². The summed E-state index contributed by atoms with van der Waals surface area (Å²) < 4.78 is 4.48. The summed E-state index contributed by atoms with van der Waals surface area (Å²) in [5.41, 5.74) is 12.2. The van der Waals surface area contributed by atoms with Crippen LogP contribution in [0.2, 0.25) is 0 Å². The maximum absolute atomic E-state index is 5.92. The van der Waals surface area contributed by atoms with Gasteiger partial charge < -0.3 is 10.2 Å². The second-order valence-corrected chi connectivity index (χ2v) is 8.98. The van der Waals surface area contributed by atoms with Crippen LogP contribution in [0.3, 0.4) is 0 Å². The molecule has 5 rings (SSSR count). The molecule has 2 N–H and O–H groups in total. The lowest BCUT2D eigenvalue weighted by molar-refractivity contribution is -0.307. The molecule has 5 heterocycles. The van der Waals surface area contributed by atoms with E-state index in [1.807, 2.05) is 11.3 Å². The number of nitrogens with zero attached hydrogens (tertiary/aromatic N) is 2. The molecule has 1 radical (unpaired) electrons. The molecule has 2 aliphatic rings. The molecule has 3 aromatic rings. The van der Waals surface area contributed by atoms with E-state index < -0.39 is 0 Å². The molecule has 6 heteroatoms. The van der Waals surface area contributed by atoms with Crippen LogP contribution >= 0.6 is 22.7 Å². The van der Waals surface area contributed by atoms with Crippen LogP contribution in [0.4, 0.5) is 0 Å². The van der Waals surface area contributed by atoms with Crippen molar-refractivity contribution in [1.82, 2.24) is 4.48 Å². The maximum atomic E-state index is 5.92. The minimum Gasteiger partial charge on any atom is -0.330 e. The Hall–Kier alpha value is -2.41. The second-order valence-electron chi connectivity index (χ2n) is 6.92. The number of aromatic nitrogens is 1. The number of fused-ring (bicyclic) bond motifs is 2. The fourth-order valence-electron chi connectivity index (χ4n) is 3.86. The fourth-order valence-corrected chi connectivity index (χ4v) is 5.61. The van der Waals surface area contributed by atoms with Crippen LogP contribution < -0.4 is 5.73 Å². The molecule has 0 saturated heterocycles. The van der Waals surface area contributed by atoms with Crippen molar-refractivity contribution in [2.24, 2.45) is 5.73 Å². The zero-order valence-corrected chi connectivity index (χ0v) is 17.3. The van der Waals surface area contributed by atoms with E-state index in [9.17, 15) is 0 Å². The van der Waals surface area contributed by atoms with Crippen LogP contribution in [-0.2, 0) is 0 Å². The van der Waals surface area contributed by atoms with Gasteiger partial charge in [-0.15, -0.1) is 22.7 Å². The molecular weight excluding hydrogens is 381 g/mol. The molecule has 0 aromatic carbocycles. The smallest absolute Gasteiger partial charge is 0.330 e. The Morgan fingerprint density at radius 3 is 2.96 bits per heavy atom. The van der Waals surface area contributed by atoms with Gasteiger partial charge in [0.05, 0.1) is 0 Å². The summed E-state index contributed by atoms with van der Waals surface area (Å²) in [5.74, 6) is 0. The number of aryl methyl sites for hydroxylation is 1. The first kappa shape index (κ1) is 17.7. The molecule has 2 aliphatic heterocycles. The Balaban J connectivity index is 1.50. The van der Waals surface area contributed by atoms with E-state index in [0.29, 0.717) is 6.54 Å². The van der Waals surface area contributed by atoms with Gasteiger partial charge in [0.1, 0.15) is 6.21 Å². The van der Waals surface area contributed by atoms with Gasteiger partial charge in [0.25, 0.3) is 0 Å². The third kappa shape index (κ3) is 2.98.